The molecule has 19 heavy (non-hydrogen) atoms. The van der Waals surface area contributed by atoms with E-state index < -0.39 is 5.60 Å². The Bertz CT molecular complexity index is 453. The summed E-state index contributed by atoms with van der Waals surface area (Å²) in [4.78, 5) is 11.8. The van der Waals surface area contributed by atoms with Gasteiger partial charge in [0, 0.05) is 5.75 Å². The molecule has 0 aliphatic carbocycles. The molecule has 102 valence electrons. The Morgan fingerprint density at radius 3 is 2.42 bits per heavy atom. The first-order valence-corrected chi connectivity index (χ1v) is 8.41. The maximum absolute atomic E-state index is 11.8. The second-order valence-corrected chi connectivity index (χ2v) is 7.39. The number of hydrogen-bond donors (Lipinski definition) is 0. The van der Waals surface area contributed by atoms with Crippen LogP contribution in [0.1, 0.15) is 36.7 Å². The lowest BCUT2D eigenvalue weighted by atomic mass is 10.1. The molecule has 0 aliphatic rings. The van der Waals surface area contributed by atoms with Gasteiger partial charge in [-0.05, 0) is 38.5 Å². The van der Waals surface area contributed by atoms with Crippen LogP contribution in [-0.4, -0.2) is 17.3 Å². The van der Waals surface area contributed by atoms with Gasteiger partial charge in [-0.1, -0.05) is 39.6 Å². The predicted molar refractivity (Wildman–Crippen MR) is 84.2 cm³/mol. The van der Waals surface area contributed by atoms with Crippen LogP contribution in [0.4, 0.5) is 0 Å². The number of rotatable bonds is 5. The monoisotopic (exact) mass is 294 g/mol. The highest BCUT2D eigenvalue weighted by atomic mass is 33.1. The summed E-state index contributed by atoms with van der Waals surface area (Å²) in [5.74, 6) is 3.88. The highest BCUT2D eigenvalue weighted by molar-refractivity contribution is 8.76. The first-order chi connectivity index (χ1) is 8.92. The van der Waals surface area contributed by atoms with E-state index in [4.69, 9.17) is 11.2 Å². The van der Waals surface area contributed by atoms with Crippen molar-refractivity contribution < 1.29 is 9.53 Å². The number of benzene rings is 1. The van der Waals surface area contributed by atoms with Crippen molar-refractivity contribution in [2.75, 3.05) is 5.75 Å². The SMILES string of the molecule is C#CCSSCc1ccc(C(=O)OC(C)(C)C)cc1. The van der Waals surface area contributed by atoms with Gasteiger partial charge in [0.25, 0.3) is 0 Å². The van der Waals surface area contributed by atoms with Crippen LogP contribution in [0.2, 0.25) is 0 Å². The van der Waals surface area contributed by atoms with Gasteiger partial charge < -0.3 is 4.74 Å². The topological polar surface area (TPSA) is 26.3 Å². The molecule has 0 saturated carbocycles. The lowest BCUT2D eigenvalue weighted by Gasteiger charge is -2.19. The molecule has 0 aromatic heterocycles. The molecule has 0 atom stereocenters. The van der Waals surface area contributed by atoms with Crippen LogP contribution >= 0.6 is 21.6 Å². The minimum Gasteiger partial charge on any atom is -0.456 e. The minimum absolute atomic E-state index is 0.284. The van der Waals surface area contributed by atoms with E-state index in [9.17, 15) is 4.79 Å². The Morgan fingerprint density at radius 2 is 1.89 bits per heavy atom. The van der Waals surface area contributed by atoms with E-state index in [2.05, 4.69) is 5.92 Å². The fraction of sp³-hybridized carbons (Fsp3) is 0.400. The third-order valence-electron chi connectivity index (χ3n) is 2.04. The molecule has 0 radical (unpaired) electrons. The normalized spacial score (nSPS) is 10.8. The molecule has 1 aromatic rings. The zero-order valence-corrected chi connectivity index (χ0v) is 13.1. The second-order valence-electron chi connectivity index (χ2n) is 4.93. The van der Waals surface area contributed by atoms with Crippen molar-refractivity contribution in [1.29, 1.82) is 0 Å². The first-order valence-electron chi connectivity index (χ1n) is 5.92. The minimum atomic E-state index is -0.461. The fourth-order valence-corrected chi connectivity index (χ4v) is 2.94. The summed E-state index contributed by atoms with van der Waals surface area (Å²) in [5.41, 5.74) is 1.29. The molecule has 0 unspecified atom stereocenters. The smallest absolute Gasteiger partial charge is 0.338 e. The molecule has 4 heteroatoms. The van der Waals surface area contributed by atoms with Gasteiger partial charge in [-0.3, -0.25) is 0 Å². The first kappa shape index (κ1) is 16.0. The third kappa shape index (κ3) is 6.60. The molecule has 0 bridgehead atoms. The van der Waals surface area contributed by atoms with Crippen molar-refractivity contribution >= 4 is 27.6 Å². The predicted octanol–water partition coefficient (Wildman–Crippen LogP) is 4.16. The van der Waals surface area contributed by atoms with E-state index in [1.807, 2.05) is 32.9 Å². The number of ether oxygens (including phenoxy) is 1. The summed E-state index contributed by atoms with van der Waals surface area (Å²) < 4.78 is 5.31. The molecule has 0 spiro atoms. The maximum Gasteiger partial charge on any atom is 0.338 e. The van der Waals surface area contributed by atoms with Crippen LogP contribution in [0.15, 0.2) is 24.3 Å². The Kier molecular flexibility index (Phi) is 6.33. The number of esters is 1. The van der Waals surface area contributed by atoms with E-state index in [-0.39, 0.29) is 5.97 Å². The Balaban J connectivity index is 2.52. The number of terminal acetylenes is 1. The molecule has 0 fully saturated rings. The molecule has 1 aromatic carbocycles. The summed E-state index contributed by atoms with van der Waals surface area (Å²) >= 11 is 0. The Hall–Kier alpha value is -1.05. The molecular weight excluding hydrogens is 276 g/mol. The molecule has 2 nitrogen and oxygen atoms in total. The molecular formula is C15H18O2S2. The van der Waals surface area contributed by atoms with Gasteiger partial charge in [-0.2, -0.15) is 0 Å². The fourth-order valence-electron chi connectivity index (χ4n) is 1.26. The van der Waals surface area contributed by atoms with Crippen molar-refractivity contribution in [3.8, 4) is 12.3 Å². The van der Waals surface area contributed by atoms with Gasteiger partial charge in [-0.25, -0.2) is 4.79 Å². The third-order valence-corrected chi connectivity index (χ3v) is 4.15. The molecule has 0 aliphatic heterocycles. The van der Waals surface area contributed by atoms with E-state index in [1.54, 1.807) is 33.7 Å². The quantitative estimate of drug-likeness (QED) is 0.352. The van der Waals surface area contributed by atoms with E-state index >= 15 is 0 Å². The van der Waals surface area contributed by atoms with Gasteiger partial charge in [0.2, 0.25) is 0 Å². The summed E-state index contributed by atoms with van der Waals surface area (Å²) in [6, 6.07) is 7.50. The van der Waals surface area contributed by atoms with Gasteiger partial charge in [-0.15, -0.1) is 6.42 Å². The van der Waals surface area contributed by atoms with Crippen LogP contribution in [0.3, 0.4) is 0 Å². The molecule has 0 heterocycles. The van der Waals surface area contributed by atoms with Crippen LogP contribution in [-0.2, 0) is 10.5 Å². The van der Waals surface area contributed by atoms with Crippen LogP contribution in [0, 0.1) is 12.3 Å². The summed E-state index contributed by atoms with van der Waals surface area (Å²) in [6.45, 7) is 5.58. The Labute approximate surface area is 123 Å². The average Bonchev–Trinajstić information content (AvgIpc) is 2.33. The standard InChI is InChI=1S/C15H18O2S2/c1-5-10-18-19-11-12-6-8-13(9-7-12)14(16)17-15(2,3)4/h1,6-9H,10-11H2,2-4H3. The molecule has 0 saturated heterocycles. The van der Waals surface area contributed by atoms with Crippen molar-refractivity contribution in [3.05, 3.63) is 35.4 Å². The second kappa shape index (κ2) is 7.52. The van der Waals surface area contributed by atoms with Crippen LogP contribution < -0.4 is 0 Å². The van der Waals surface area contributed by atoms with Gasteiger partial charge in [0.15, 0.2) is 0 Å². The maximum atomic E-state index is 11.8. The lowest BCUT2D eigenvalue weighted by molar-refractivity contribution is 0.00695. The van der Waals surface area contributed by atoms with Crippen molar-refractivity contribution in [2.24, 2.45) is 0 Å². The zero-order valence-electron chi connectivity index (χ0n) is 11.4. The van der Waals surface area contributed by atoms with Gasteiger partial charge >= 0.3 is 5.97 Å². The van der Waals surface area contributed by atoms with E-state index in [0.717, 1.165) is 5.75 Å². The van der Waals surface area contributed by atoms with Gasteiger partial charge in [0.05, 0.1) is 11.3 Å². The summed E-state index contributed by atoms with van der Waals surface area (Å²) in [7, 11) is 3.37. The van der Waals surface area contributed by atoms with Crippen molar-refractivity contribution in [1.82, 2.24) is 0 Å². The number of carbonyl (C=O) groups is 1. The summed E-state index contributed by atoms with van der Waals surface area (Å²) in [5, 5.41) is 0. The van der Waals surface area contributed by atoms with Crippen LogP contribution in [0.5, 0.6) is 0 Å². The van der Waals surface area contributed by atoms with E-state index in [0.29, 0.717) is 11.3 Å². The zero-order chi connectivity index (χ0) is 14.3. The average molecular weight is 294 g/mol. The summed E-state index contributed by atoms with van der Waals surface area (Å²) in [6.07, 6.45) is 5.18. The lowest BCUT2D eigenvalue weighted by Crippen LogP contribution is -2.23. The molecule has 0 N–H and O–H groups in total. The highest BCUT2D eigenvalue weighted by Gasteiger charge is 2.17. The van der Waals surface area contributed by atoms with Crippen molar-refractivity contribution in [2.45, 2.75) is 32.1 Å². The molecule has 1 rings (SSSR count). The number of carbonyl (C=O) groups excluding carboxylic acids is 1. The largest absolute Gasteiger partial charge is 0.456 e. The number of hydrogen-bond acceptors (Lipinski definition) is 4. The van der Waals surface area contributed by atoms with E-state index in [1.165, 1.54) is 5.56 Å². The Morgan fingerprint density at radius 1 is 1.26 bits per heavy atom. The van der Waals surface area contributed by atoms with Crippen LogP contribution in [0.25, 0.3) is 0 Å². The molecule has 0 amide bonds. The van der Waals surface area contributed by atoms with Gasteiger partial charge in [0.1, 0.15) is 5.60 Å². The highest BCUT2D eigenvalue weighted by Crippen LogP contribution is 2.25. The van der Waals surface area contributed by atoms with Crippen molar-refractivity contribution in [3.63, 3.8) is 0 Å².